The Labute approximate surface area is 117 Å². The molecule has 1 saturated carbocycles. The lowest BCUT2D eigenvalue weighted by Gasteiger charge is -2.24. The number of rotatable bonds is 6. The quantitative estimate of drug-likeness (QED) is 0.707. The van der Waals surface area contributed by atoms with Crippen molar-refractivity contribution in [1.29, 1.82) is 0 Å². The summed E-state index contributed by atoms with van der Waals surface area (Å²) < 4.78 is 5.44. The van der Waals surface area contributed by atoms with Gasteiger partial charge >= 0.3 is 6.09 Å². The van der Waals surface area contributed by atoms with E-state index in [9.17, 15) is 9.59 Å². The van der Waals surface area contributed by atoms with Crippen LogP contribution in [0.25, 0.3) is 0 Å². The average Bonchev–Trinajstić information content (AvgIpc) is 2.80. The molecule has 1 aliphatic carbocycles. The Morgan fingerprint density at radius 3 is 2.44 bits per heavy atom. The second-order valence-corrected chi connectivity index (χ2v) is 5.80. The van der Waals surface area contributed by atoms with Gasteiger partial charge in [-0.1, -0.05) is 29.8 Å². The summed E-state index contributed by atoms with van der Waals surface area (Å²) in [4.78, 5) is 25.0. The van der Waals surface area contributed by atoms with Gasteiger partial charge in [-0.2, -0.15) is 0 Å². The van der Waals surface area contributed by atoms with Crippen molar-refractivity contribution in [1.82, 2.24) is 4.90 Å². The fraction of sp³-hybridized carbons (Fsp3) is 0.846. The van der Waals surface area contributed by atoms with Gasteiger partial charge in [-0.05, 0) is 31.6 Å². The molecule has 1 rings (SSSR count). The summed E-state index contributed by atoms with van der Waals surface area (Å²) in [6, 6.07) is 0. The van der Waals surface area contributed by atoms with E-state index in [1.807, 2.05) is 13.8 Å². The number of halogens is 1. The number of hydrogen-bond donors (Lipinski definition) is 0. The predicted octanol–water partition coefficient (Wildman–Crippen LogP) is 2.99. The summed E-state index contributed by atoms with van der Waals surface area (Å²) in [5.41, 5.74) is 0. The molecule has 0 saturated heterocycles. The third-order valence-corrected chi connectivity index (χ3v) is 3.56. The zero-order valence-electron chi connectivity index (χ0n) is 11.2. The van der Waals surface area contributed by atoms with Crippen LogP contribution in [0, 0.1) is 5.92 Å². The van der Waals surface area contributed by atoms with Crippen LogP contribution < -0.4 is 0 Å². The van der Waals surface area contributed by atoms with Gasteiger partial charge in [-0.3, -0.25) is 4.79 Å². The highest BCUT2D eigenvalue weighted by Gasteiger charge is 2.24. The fourth-order valence-corrected chi connectivity index (χ4v) is 2.30. The second-order valence-electron chi connectivity index (χ2n) is 5.24. The summed E-state index contributed by atoms with van der Waals surface area (Å²) in [5, 5.41) is 0.276. The minimum absolute atomic E-state index is 0.000906. The first-order valence-electron chi connectivity index (χ1n) is 6.56. The number of nitrogens with zero attached hydrogens (tertiary/aromatic N) is 1. The Bertz CT molecular complexity index is 288. The fourth-order valence-electron chi connectivity index (χ4n) is 2.12. The molecule has 0 N–H and O–H groups in total. The van der Waals surface area contributed by atoms with Crippen molar-refractivity contribution < 1.29 is 14.3 Å². The summed E-state index contributed by atoms with van der Waals surface area (Å²) in [6.07, 6.45) is 3.86. The molecule has 1 fully saturated rings. The molecule has 0 aromatic heterocycles. The third-order valence-electron chi connectivity index (χ3n) is 2.93. The van der Waals surface area contributed by atoms with Crippen molar-refractivity contribution >= 4 is 27.8 Å². The number of amides is 1. The molecule has 0 aliphatic heterocycles. The van der Waals surface area contributed by atoms with Gasteiger partial charge in [0.25, 0.3) is 0 Å². The Morgan fingerprint density at radius 1 is 1.33 bits per heavy atom. The molecule has 0 atom stereocenters. The molecule has 0 bridgehead atoms. The summed E-state index contributed by atoms with van der Waals surface area (Å²) in [7, 11) is 0. The zero-order valence-corrected chi connectivity index (χ0v) is 12.7. The lowest BCUT2D eigenvalue weighted by atomic mass is 10.2. The van der Waals surface area contributed by atoms with Crippen LogP contribution in [0.15, 0.2) is 0 Å². The zero-order chi connectivity index (χ0) is 13.5. The average molecular weight is 320 g/mol. The van der Waals surface area contributed by atoms with E-state index in [4.69, 9.17) is 4.74 Å². The first-order chi connectivity index (χ1) is 8.52. The lowest BCUT2D eigenvalue weighted by molar-refractivity contribution is -0.117. The van der Waals surface area contributed by atoms with E-state index in [-0.39, 0.29) is 29.9 Å². The number of ether oxygens (including phenoxy) is 1. The Hall–Kier alpha value is -0.580. The molecular formula is C13H22BrNO3. The smallest absolute Gasteiger partial charge is 0.410 e. The SMILES string of the molecule is CC(C)CN(CC(=O)CBr)C(=O)OC1CCCC1. The highest BCUT2D eigenvalue weighted by Crippen LogP contribution is 2.21. The van der Waals surface area contributed by atoms with Crippen LogP contribution in [0.1, 0.15) is 39.5 Å². The van der Waals surface area contributed by atoms with E-state index >= 15 is 0 Å². The summed E-state index contributed by atoms with van der Waals surface area (Å²) in [6.45, 7) is 4.74. The largest absolute Gasteiger partial charge is 0.446 e. The van der Waals surface area contributed by atoms with E-state index in [2.05, 4.69) is 15.9 Å². The van der Waals surface area contributed by atoms with E-state index < -0.39 is 0 Å². The van der Waals surface area contributed by atoms with E-state index in [0.717, 1.165) is 25.7 Å². The topological polar surface area (TPSA) is 46.6 Å². The molecule has 0 heterocycles. The maximum atomic E-state index is 12.0. The van der Waals surface area contributed by atoms with Crippen molar-refractivity contribution in [3.63, 3.8) is 0 Å². The molecular weight excluding hydrogens is 298 g/mol. The molecule has 5 heteroatoms. The first kappa shape index (κ1) is 15.5. The molecule has 1 aliphatic rings. The van der Waals surface area contributed by atoms with Gasteiger partial charge < -0.3 is 9.64 Å². The van der Waals surface area contributed by atoms with E-state index in [1.165, 1.54) is 4.90 Å². The van der Waals surface area contributed by atoms with Crippen molar-refractivity contribution in [2.75, 3.05) is 18.4 Å². The minimum atomic E-state index is -0.343. The third kappa shape index (κ3) is 5.38. The lowest BCUT2D eigenvalue weighted by Crippen LogP contribution is -2.40. The Morgan fingerprint density at radius 2 is 1.94 bits per heavy atom. The molecule has 0 unspecified atom stereocenters. The summed E-state index contributed by atoms with van der Waals surface area (Å²) >= 11 is 3.12. The standard InChI is InChI=1S/C13H22BrNO3/c1-10(2)8-15(9-11(16)7-14)13(17)18-12-5-3-4-6-12/h10,12H,3-9H2,1-2H3. The monoisotopic (exact) mass is 319 g/mol. The number of ketones is 1. The van der Waals surface area contributed by atoms with Crippen molar-refractivity contribution in [3.05, 3.63) is 0 Å². The first-order valence-corrected chi connectivity index (χ1v) is 7.68. The van der Waals surface area contributed by atoms with Crippen molar-refractivity contribution in [2.24, 2.45) is 5.92 Å². The van der Waals surface area contributed by atoms with E-state index in [0.29, 0.717) is 12.5 Å². The normalized spacial score (nSPS) is 16.0. The number of carbonyl (C=O) groups is 2. The molecule has 18 heavy (non-hydrogen) atoms. The molecule has 1 amide bonds. The van der Waals surface area contributed by atoms with Crippen LogP contribution in [-0.4, -0.2) is 41.3 Å². The highest BCUT2D eigenvalue weighted by atomic mass is 79.9. The Kier molecular flexibility index (Phi) is 6.68. The van der Waals surface area contributed by atoms with E-state index in [1.54, 1.807) is 0 Å². The maximum absolute atomic E-state index is 12.0. The molecule has 0 aromatic rings. The maximum Gasteiger partial charge on any atom is 0.410 e. The van der Waals surface area contributed by atoms with Gasteiger partial charge in [-0.25, -0.2) is 4.79 Å². The van der Waals surface area contributed by atoms with Crippen LogP contribution in [0.3, 0.4) is 0 Å². The van der Waals surface area contributed by atoms with Gasteiger partial charge in [0, 0.05) is 6.54 Å². The van der Waals surface area contributed by atoms with Crippen LogP contribution in [0.4, 0.5) is 4.79 Å². The summed E-state index contributed by atoms with van der Waals surface area (Å²) in [5.74, 6) is 0.322. The van der Waals surface area contributed by atoms with Crippen LogP contribution in [0.2, 0.25) is 0 Å². The number of hydrogen-bond acceptors (Lipinski definition) is 3. The van der Waals surface area contributed by atoms with Gasteiger partial charge in [-0.15, -0.1) is 0 Å². The minimum Gasteiger partial charge on any atom is -0.446 e. The molecule has 0 aromatic carbocycles. The number of carbonyl (C=O) groups excluding carboxylic acids is 2. The van der Waals surface area contributed by atoms with Crippen LogP contribution in [-0.2, 0) is 9.53 Å². The molecule has 0 spiro atoms. The molecule has 0 radical (unpaired) electrons. The van der Waals surface area contributed by atoms with Crippen LogP contribution in [0.5, 0.6) is 0 Å². The van der Waals surface area contributed by atoms with Crippen LogP contribution >= 0.6 is 15.9 Å². The highest BCUT2D eigenvalue weighted by molar-refractivity contribution is 9.09. The second kappa shape index (κ2) is 7.77. The number of Topliss-reactive ketones (excluding diaryl/α,β-unsaturated/α-hetero) is 1. The van der Waals surface area contributed by atoms with Gasteiger partial charge in [0.05, 0.1) is 11.9 Å². The Balaban J connectivity index is 2.50. The molecule has 4 nitrogen and oxygen atoms in total. The predicted molar refractivity (Wildman–Crippen MR) is 73.9 cm³/mol. The molecule has 104 valence electrons. The van der Waals surface area contributed by atoms with Gasteiger partial charge in [0.15, 0.2) is 5.78 Å². The number of alkyl halides is 1. The van der Waals surface area contributed by atoms with Gasteiger partial charge in [0.1, 0.15) is 6.10 Å². The van der Waals surface area contributed by atoms with Crippen molar-refractivity contribution in [2.45, 2.75) is 45.6 Å². The van der Waals surface area contributed by atoms with Gasteiger partial charge in [0.2, 0.25) is 0 Å². The van der Waals surface area contributed by atoms with Crippen molar-refractivity contribution in [3.8, 4) is 0 Å².